The van der Waals surface area contributed by atoms with Gasteiger partial charge in [-0.1, -0.05) is 156 Å². The maximum absolute atomic E-state index is 2.63. The average molecular weight is 560 g/mol. The largest absolute Gasteiger partial charge is 0.0727 e. The summed E-state index contributed by atoms with van der Waals surface area (Å²) in [5.74, 6) is 0. The Kier molecular flexibility index (Phi) is 6.98. The van der Waals surface area contributed by atoms with Crippen LogP contribution in [0.5, 0.6) is 0 Å². The lowest BCUT2D eigenvalue weighted by molar-refractivity contribution is 1.49. The molecule has 1 atom stereocenters. The van der Waals surface area contributed by atoms with Crippen molar-refractivity contribution in [2.24, 2.45) is 0 Å². The Balaban J connectivity index is 1.75. The number of hydrogen-bond donors (Lipinski definition) is 0. The van der Waals surface area contributed by atoms with Crippen LogP contribution in [0.1, 0.15) is 0 Å². The first-order valence-corrected chi connectivity index (χ1v) is 14.6. The fourth-order valence-corrected chi connectivity index (χ4v) is 11.1. The van der Waals surface area contributed by atoms with Crippen LogP contribution in [-0.2, 0) is 0 Å². The summed E-state index contributed by atoms with van der Waals surface area (Å²) < 4.78 is 0.395. The fraction of sp³-hybridized carbons (Fsp3) is 0.0345. The van der Waals surface area contributed by atoms with E-state index in [0.29, 0.717) is 3.92 Å². The highest BCUT2D eigenvalue weighted by atomic mass is 127. The number of alkyl halides is 1. The van der Waals surface area contributed by atoms with E-state index in [9.17, 15) is 0 Å². The molecule has 156 valence electrons. The van der Waals surface area contributed by atoms with Crippen LogP contribution in [0.3, 0.4) is 0 Å². The zero-order valence-electron chi connectivity index (χ0n) is 17.6. The molecule has 0 amide bonds. The van der Waals surface area contributed by atoms with Gasteiger partial charge in [-0.25, -0.2) is 0 Å². The highest BCUT2D eigenvalue weighted by Gasteiger charge is 2.32. The number of hydrogen-bond acceptors (Lipinski definition) is 0. The molecule has 0 aromatic heterocycles. The molecule has 5 rings (SSSR count). The maximum Gasteiger partial charge on any atom is 0.0559 e. The van der Waals surface area contributed by atoms with Crippen molar-refractivity contribution in [2.75, 3.05) is 0 Å². The van der Waals surface area contributed by atoms with Crippen LogP contribution in [0.4, 0.5) is 0 Å². The molecule has 0 spiro atoms. The second kappa shape index (κ2) is 10.3. The standard InChI is InChI=1S/C29H23IP2/c30-27-21-22-28(31(23-13-5-1-6-14-23)24-15-7-2-8-16-24)29(27)32(25-17-9-3-10-18-25)26-19-11-4-12-20-26/h1-22,27H. The lowest BCUT2D eigenvalue weighted by Crippen LogP contribution is -2.18. The molecule has 0 aliphatic heterocycles. The lowest BCUT2D eigenvalue weighted by atomic mass is 10.4. The molecule has 0 nitrogen and oxygen atoms in total. The summed E-state index contributed by atoms with van der Waals surface area (Å²) in [4.78, 5) is 0. The van der Waals surface area contributed by atoms with Gasteiger partial charge in [0.2, 0.25) is 0 Å². The summed E-state index contributed by atoms with van der Waals surface area (Å²) >= 11 is 2.63. The Bertz CT molecular complexity index is 1140. The first-order chi connectivity index (χ1) is 15.8. The van der Waals surface area contributed by atoms with E-state index in [0.717, 1.165) is 0 Å². The Morgan fingerprint density at radius 1 is 0.469 bits per heavy atom. The number of benzene rings is 4. The third-order valence-electron chi connectivity index (χ3n) is 5.49. The van der Waals surface area contributed by atoms with E-state index in [1.54, 1.807) is 5.31 Å². The number of allylic oxidation sites excluding steroid dienone is 4. The minimum Gasteiger partial charge on any atom is -0.0727 e. The smallest absolute Gasteiger partial charge is 0.0559 e. The summed E-state index contributed by atoms with van der Waals surface area (Å²) in [5.41, 5.74) is 0. The Labute approximate surface area is 206 Å². The van der Waals surface area contributed by atoms with Gasteiger partial charge in [0.05, 0.1) is 3.92 Å². The van der Waals surface area contributed by atoms with Gasteiger partial charge in [0.15, 0.2) is 0 Å². The molecule has 0 bridgehead atoms. The SMILES string of the molecule is IC1C=CC(P(c2ccccc2)c2ccccc2)=C1P(c1ccccc1)c1ccccc1. The van der Waals surface area contributed by atoms with Gasteiger partial charge in [-0.15, -0.1) is 0 Å². The molecule has 1 aliphatic carbocycles. The van der Waals surface area contributed by atoms with Crippen LogP contribution in [0.15, 0.2) is 144 Å². The van der Waals surface area contributed by atoms with Crippen molar-refractivity contribution in [3.05, 3.63) is 144 Å². The molecule has 0 N–H and O–H groups in total. The van der Waals surface area contributed by atoms with Crippen LogP contribution < -0.4 is 21.2 Å². The second-order valence-electron chi connectivity index (χ2n) is 7.54. The van der Waals surface area contributed by atoms with Crippen molar-refractivity contribution in [1.29, 1.82) is 0 Å². The van der Waals surface area contributed by atoms with Gasteiger partial charge in [0, 0.05) is 0 Å². The van der Waals surface area contributed by atoms with Crippen molar-refractivity contribution in [3.8, 4) is 0 Å². The molecule has 0 fully saturated rings. The van der Waals surface area contributed by atoms with E-state index in [1.807, 2.05) is 0 Å². The zero-order chi connectivity index (χ0) is 21.8. The van der Waals surface area contributed by atoms with Crippen molar-refractivity contribution in [1.82, 2.24) is 0 Å². The summed E-state index contributed by atoms with van der Waals surface area (Å²) in [6.07, 6.45) is 4.81. The minimum absolute atomic E-state index is 0.395. The van der Waals surface area contributed by atoms with Crippen molar-refractivity contribution >= 4 is 59.7 Å². The molecule has 4 aromatic carbocycles. The van der Waals surface area contributed by atoms with Crippen molar-refractivity contribution in [3.63, 3.8) is 0 Å². The maximum atomic E-state index is 2.63. The quantitative estimate of drug-likeness (QED) is 0.138. The van der Waals surface area contributed by atoms with E-state index >= 15 is 0 Å². The first-order valence-electron chi connectivity index (χ1n) is 10.7. The van der Waals surface area contributed by atoms with Gasteiger partial charge in [-0.3, -0.25) is 0 Å². The highest BCUT2D eigenvalue weighted by Crippen LogP contribution is 2.58. The molecule has 1 unspecified atom stereocenters. The van der Waals surface area contributed by atoms with Crippen LogP contribution in [0.2, 0.25) is 0 Å². The molecular weight excluding hydrogens is 537 g/mol. The number of rotatable bonds is 6. The van der Waals surface area contributed by atoms with Crippen LogP contribution in [0, 0.1) is 0 Å². The van der Waals surface area contributed by atoms with E-state index in [1.165, 1.54) is 26.5 Å². The van der Waals surface area contributed by atoms with E-state index < -0.39 is 15.8 Å². The van der Waals surface area contributed by atoms with Gasteiger partial charge in [-0.2, -0.15) is 0 Å². The van der Waals surface area contributed by atoms with Gasteiger partial charge in [0.1, 0.15) is 0 Å². The average Bonchev–Trinajstić information content (AvgIpc) is 3.23. The lowest BCUT2D eigenvalue weighted by Gasteiger charge is -2.28. The third kappa shape index (κ3) is 4.53. The van der Waals surface area contributed by atoms with Gasteiger partial charge in [-0.05, 0) is 47.7 Å². The summed E-state index contributed by atoms with van der Waals surface area (Å²) in [6, 6.07) is 44.3. The molecule has 0 saturated heterocycles. The minimum atomic E-state index is -0.627. The molecular formula is C29H23IP2. The topological polar surface area (TPSA) is 0 Å². The Morgan fingerprint density at radius 3 is 1.19 bits per heavy atom. The predicted molar refractivity (Wildman–Crippen MR) is 152 cm³/mol. The molecule has 0 radical (unpaired) electrons. The third-order valence-corrected chi connectivity index (χ3v) is 12.3. The molecule has 1 aliphatic rings. The Morgan fingerprint density at radius 2 is 0.812 bits per heavy atom. The molecule has 0 heterocycles. The van der Waals surface area contributed by atoms with E-state index in [2.05, 4.69) is 156 Å². The van der Waals surface area contributed by atoms with Crippen LogP contribution in [-0.4, -0.2) is 3.92 Å². The van der Waals surface area contributed by atoms with Gasteiger partial charge >= 0.3 is 0 Å². The molecule has 0 saturated carbocycles. The fourth-order valence-electron chi connectivity index (χ4n) is 4.08. The van der Waals surface area contributed by atoms with Crippen molar-refractivity contribution < 1.29 is 0 Å². The summed E-state index contributed by atoms with van der Waals surface area (Å²) in [7, 11) is -1.24. The molecule has 32 heavy (non-hydrogen) atoms. The molecule has 4 aromatic rings. The van der Waals surface area contributed by atoms with Crippen LogP contribution >= 0.6 is 38.4 Å². The second-order valence-corrected chi connectivity index (χ2v) is 13.3. The Hall–Kier alpha value is -2.05. The zero-order valence-corrected chi connectivity index (χ0v) is 21.5. The number of halogens is 1. The van der Waals surface area contributed by atoms with Crippen molar-refractivity contribution in [2.45, 2.75) is 3.92 Å². The summed E-state index contributed by atoms with van der Waals surface area (Å²) in [5, 5.41) is 8.75. The predicted octanol–water partition coefficient (Wildman–Crippen LogP) is 6.84. The monoisotopic (exact) mass is 560 g/mol. The van der Waals surface area contributed by atoms with Gasteiger partial charge < -0.3 is 0 Å². The highest BCUT2D eigenvalue weighted by molar-refractivity contribution is 14.1. The van der Waals surface area contributed by atoms with E-state index in [-0.39, 0.29) is 0 Å². The van der Waals surface area contributed by atoms with E-state index in [4.69, 9.17) is 0 Å². The summed E-state index contributed by atoms with van der Waals surface area (Å²) in [6.45, 7) is 0. The first kappa shape index (κ1) is 21.8. The van der Waals surface area contributed by atoms with Gasteiger partial charge in [0.25, 0.3) is 0 Å². The molecule has 3 heteroatoms. The van der Waals surface area contributed by atoms with Crippen LogP contribution in [0.25, 0.3) is 0 Å². The normalized spacial score (nSPS) is 15.7.